The fraction of sp³-hybridized carbons (Fsp3) is 0.944. The van der Waals surface area contributed by atoms with Gasteiger partial charge in [0, 0.05) is 50.7 Å². The Morgan fingerprint density at radius 2 is 1.65 bits per heavy atom. The molecule has 1 saturated carbocycles. The number of hydrogen-bond donors (Lipinski definition) is 1. The van der Waals surface area contributed by atoms with E-state index in [1.54, 1.807) is 0 Å². The number of ether oxygens (including phenoxy) is 2. The van der Waals surface area contributed by atoms with E-state index in [0.717, 1.165) is 65.4 Å². The second kappa shape index (κ2) is 8.45. The van der Waals surface area contributed by atoms with Gasteiger partial charge in [0.15, 0.2) is 0 Å². The Balaban J connectivity index is 1.53. The smallest absolute Gasteiger partial charge is 0.223 e. The van der Waals surface area contributed by atoms with Gasteiger partial charge in [-0.3, -0.25) is 9.69 Å². The lowest BCUT2D eigenvalue weighted by molar-refractivity contribution is -0.128. The van der Waals surface area contributed by atoms with E-state index in [9.17, 15) is 4.79 Å². The van der Waals surface area contributed by atoms with Crippen molar-refractivity contribution in [3.63, 3.8) is 0 Å². The van der Waals surface area contributed by atoms with Gasteiger partial charge in [-0.15, -0.1) is 0 Å². The highest BCUT2D eigenvalue weighted by molar-refractivity contribution is 5.78. The molecule has 3 rings (SSSR count). The van der Waals surface area contributed by atoms with Crippen LogP contribution in [0, 0.1) is 11.3 Å². The van der Waals surface area contributed by atoms with E-state index in [0.29, 0.717) is 0 Å². The summed E-state index contributed by atoms with van der Waals surface area (Å²) in [6.45, 7) is 7.21. The number of nitrogens with zero attached hydrogens (tertiary/aromatic N) is 1. The van der Waals surface area contributed by atoms with Crippen molar-refractivity contribution in [3.05, 3.63) is 0 Å². The third-order valence-electron chi connectivity index (χ3n) is 5.81. The summed E-state index contributed by atoms with van der Waals surface area (Å²) >= 11 is 0. The van der Waals surface area contributed by atoms with Gasteiger partial charge in [0.05, 0.1) is 13.2 Å². The van der Waals surface area contributed by atoms with Gasteiger partial charge in [-0.1, -0.05) is 19.3 Å². The molecule has 0 aromatic heterocycles. The minimum Gasteiger partial charge on any atom is -0.381 e. The molecule has 5 heteroatoms. The van der Waals surface area contributed by atoms with Gasteiger partial charge in [-0.2, -0.15) is 0 Å². The quantitative estimate of drug-likeness (QED) is 0.838. The van der Waals surface area contributed by atoms with Gasteiger partial charge in [-0.05, 0) is 25.7 Å². The highest BCUT2D eigenvalue weighted by Crippen LogP contribution is 2.37. The maximum Gasteiger partial charge on any atom is 0.223 e. The Hall–Kier alpha value is -0.650. The second-order valence-electron chi connectivity index (χ2n) is 7.55. The van der Waals surface area contributed by atoms with Crippen molar-refractivity contribution in [2.24, 2.45) is 11.3 Å². The minimum absolute atomic E-state index is 0.160. The molecule has 5 nitrogen and oxygen atoms in total. The molecule has 3 aliphatic rings. The monoisotopic (exact) mass is 324 g/mol. The third-order valence-corrected chi connectivity index (χ3v) is 5.81. The molecular formula is C18H32N2O3. The van der Waals surface area contributed by atoms with Crippen LogP contribution < -0.4 is 5.32 Å². The number of morpholine rings is 1. The highest BCUT2D eigenvalue weighted by Gasteiger charge is 2.35. The van der Waals surface area contributed by atoms with E-state index in [1.165, 1.54) is 32.1 Å². The zero-order valence-electron chi connectivity index (χ0n) is 14.4. The van der Waals surface area contributed by atoms with Gasteiger partial charge in [0.1, 0.15) is 0 Å². The van der Waals surface area contributed by atoms with Crippen molar-refractivity contribution in [3.8, 4) is 0 Å². The molecule has 3 fully saturated rings. The van der Waals surface area contributed by atoms with Crippen LogP contribution >= 0.6 is 0 Å². The molecule has 0 aromatic rings. The minimum atomic E-state index is 0.160. The van der Waals surface area contributed by atoms with Crippen molar-refractivity contribution in [1.82, 2.24) is 10.2 Å². The van der Waals surface area contributed by atoms with Crippen LogP contribution in [0.2, 0.25) is 0 Å². The van der Waals surface area contributed by atoms with Crippen LogP contribution in [-0.2, 0) is 14.3 Å². The number of hydrogen-bond acceptors (Lipinski definition) is 4. The van der Waals surface area contributed by atoms with E-state index in [-0.39, 0.29) is 17.2 Å². The molecule has 2 saturated heterocycles. The lowest BCUT2D eigenvalue weighted by Gasteiger charge is -2.42. The molecule has 0 spiro atoms. The predicted molar refractivity (Wildman–Crippen MR) is 89.3 cm³/mol. The Morgan fingerprint density at radius 1 is 1.00 bits per heavy atom. The lowest BCUT2D eigenvalue weighted by atomic mass is 9.73. The normalized spacial score (nSPS) is 26.8. The summed E-state index contributed by atoms with van der Waals surface area (Å²) in [6.07, 6.45) is 8.20. The number of amides is 1. The molecule has 0 unspecified atom stereocenters. The summed E-state index contributed by atoms with van der Waals surface area (Å²) < 4.78 is 10.8. The van der Waals surface area contributed by atoms with Crippen LogP contribution in [0.25, 0.3) is 0 Å². The maximum atomic E-state index is 12.5. The summed E-state index contributed by atoms with van der Waals surface area (Å²) in [5, 5.41) is 3.30. The summed E-state index contributed by atoms with van der Waals surface area (Å²) in [6, 6.07) is 0. The summed E-state index contributed by atoms with van der Waals surface area (Å²) in [5.41, 5.74) is 0.274. The van der Waals surface area contributed by atoms with Crippen molar-refractivity contribution in [1.29, 1.82) is 0 Å². The Bertz CT molecular complexity index is 370. The molecule has 2 heterocycles. The first-order valence-electron chi connectivity index (χ1n) is 9.43. The number of rotatable bonds is 5. The van der Waals surface area contributed by atoms with Crippen molar-refractivity contribution < 1.29 is 14.3 Å². The van der Waals surface area contributed by atoms with Crippen molar-refractivity contribution >= 4 is 5.91 Å². The predicted octanol–water partition coefficient (Wildman–Crippen LogP) is 1.81. The van der Waals surface area contributed by atoms with Crippen molar-refractivity contribution in [2.75, 3.05) is 52.6 Å². The van der Waals surface area contributed by atoms with Gasteiger partial charge in [-0.25, -0.2) is 0 Å². The van der Waals surface area contributed by atoms with Crippen LogP contribution in [0.4, 0.5) is 0 Å². The van der Waals surface area contributed by atoms with Gasteiger partial charge in [0.2, 0.25) is 5.91 Å². The molecule has 0 bridgehead atoms. The molecule has 0 atom stereocenters. The third kappa shape index (κ3) is 4.91. The van der Waals surface area contributed by atoms with E-state index < -0.39 is 0 Å². The Morgan fingerprint density at radius 3 is 2.35 bits per heavy atom. The largest absolute Gasteiger partial charge is 0.381 e. The zero-order valence-corrected chi connectivity index (χ0v) is 14.4. The Labute approximate surface area is 140 Å². The lowest BCUT2D eigenvalue weighted by Crippen LogP contribution is -2.50. The van der Waals surface area contributed by atoms with Crippen LogP contribution in [0.3, 0.4) is 0 Å². The van der Waals surface area contributed by atoms with E-state index in [4.69, 9.17) is 9.47 Å². The summed E-state index contributed by atoms with van der Waals surface area (Å²) in [7, 11) is 0. The van der Waals surface area contributed by atoms with Gasteiger partial charge >= 0.3 is 0 Å². The number of carbonyl (C=O) groups excluding carboxylic acids is 1. The number of carbonyl (C=O) groups is 1. The van der Waals surface area contributed by atoms with Crippen LogP contribution in [-0.4, -0.2) is 63.4 Å². The molecule has 1 aliphatic carbocycles. The first kappa shape index (κ1) is 17.2. The van der Waals surface area contributed by atoms with Crippen LogP contribution in [0.15, 0.2) is 0 Å². The topological polar surface area (TPSA) is 50.8 Å². The fourth-order valence-corrected chi connectivity index (χ4v) is 4.30. The molecule has 23 heavy (non-hydrogen) atoms. The van der Waals surface area contributed by atoms with E-state index >= 15 is 0 Å². The second-order valence-corrected chi connectivity index (χ2v) is 7.55. The molecule has 1 N–H and O–H groups in total. The highest BCUT2D eigenvalue weighted by atomic mass is 16.5. The van der Waals surface area contributed by atoms with Crippen LogP contribution in [0.5, 0.6) is 0 Å². The molecule has 132 valence electrons. The van der Waals surface area contributed by atoms with E-state index in [1.807, 2.05) is 0 Å². The van der Waals surface area contributed by atoms with Gasteiger partial charge < -0.3 is 14.8 Å². The molecule has 0 radical (unpaired) electrons. The maximum absolute atomic E-state index is 12.5. The summed E-state index contributed by atoms with van der Waals surface area (Å²) in [5.74, 6) is 0.410. The molecule has 1 amide bonds. The first-order chi connectivity index (χ1) is 11.3. The fourth-order valence-electron chi connectivity index (χ4n) is 4.30. The van der Waals surface area contributed by atoms with Crippen LogP contribution in [0.1, 0.15) is 44.9 Å². The zero-order chi connectivity index (χ0) is 16.0. The van der Waals surface area contributed by atoms with E-state index in [2.05, 4.69) is 10.2 Å². The average molecular weight is 324 g/mol. The molecule has 2 aliphatic heterocycles. The van der Waals surface area contributed by atoms with Crippen molar-refractivity contribution in [2.45, 2.75) is 44.9 Å². The SMILES string of the molecule is O=C(NCC1(CN2CCOCC2)CCCCC1)C1CCOCC1. The Kier molecular flexibility index (Phi) is 6.31. The average Bonchev–Trinajstić information content (AvgIpc) is 2.62. The molecule has 0 aromatic carbocycles. The standard InChI is InChI=1S/C18H32N2O3/c21-17(16-4-10-22-11-5-16)19-14-18(6-2-1-3-7-18)15-20-8-12-23-13-9-20/h16H,1-15H2,(H,19,21). The first-order valence-corrected chi connectivity index (χ1v) is 9.43. The molecular weight excluding hydrogens is 292 g/mol. The summed E-state index contributed by atoms with van der Waals surface area (Å²) in [4.78, 5) is 15.0. The van der Waals surface area contributed by atoms with Gasteiger partial charge in [0.25, 0.3) is 0 Å². The number of nitrogens with one attached hydrogen (secondary N) is 1.